The smallest absolute Gasteiger partial charge is 0.298 e. The highest BCUT2D eigenvalue weighted by atomic mass is 35.5. The lowest BCUT2D eigenvalue weighted by Crippen LogP contribution is -2.14. The van der Waals surface area contributed by atoms with Crippen molar-refractivity contribution in [2.45, 2.75) is 6.18 Å². The molecule has 0 heterocycles. The van der Waals surface area contributed by atoms with Crippen molar-refractivity contribution in [1.82, 2.24) is 0 Å². The van der Waals surface area contributed by atoms with Crippen LogP contribution in [0.25, 0.3) is 0 Å². The summed E-state index contributed by atoms with van der Waals surface area (Å²) in [5.74, 6) is 0. The topological polar surface area (TPSA) is 57.9 Å². The molecular weight excluding hydrogens is 259 g/mol. The first-order valence-corrected chi connectivity index (χ1v) is 4.50. The second kappa shape index (κ2) is 4.55. The molecule has 1 aromatic rings. The number of hydrogen-bond acceptors (Lipinski definition) is 3. The second-order valence-corrected chi connectivity index (χ2v) is 3.30. The Morgan fingerprint density at radius 3 is 2.35 bits per heavy atom. The molecule has 0 bridgehead atoms. The summed E-state index contributed by atoms with van der Waals surface area (Å²) in [5, 5.41) is 7.25. The molecule has 0 saturated heterocycles. The van der Waals surface area contributed by atoms with Crippen LogP contribution in [0.1, 0.15) is 31.8 Å². The Labute approximate surface area is 98.4 Å². The van der Waals surface area contributed by atoms with Gasteiger partial charge in [0.2, 0.25) is 0 Å². The maximum Gasteiger partial charge on any atom is 0.417 e. The molecule has 0 spiro atoms. The zero-order valence-electron chi connectivity index (χ0n) is 8.01. The number of rotatable bonds is 2. The van der Waals surface area contributed by atoms with E-state index in [1.807, 2.05) is 0 Å². The van der Waals surface area contributed by atoms with E-state index in [1.165, 1.54) is 6.07 Å². The Balaban J connectivity index is 3.73. The fraction of sp³-hybridized carbons (Fsp3) is 0.100. The van der Waals surface area contributed by atoms with Gasteiger partial charge in [-0.15, -0.1) is 0 Å². The largest absolute Gasteiger partial charge is 0.417 e. The van der Waals surface area contributed by atoms with E-state index >= 15 is 0 Å². The molecule has 0 unspecified atom stereocenters. The molecule has 0 saturated carbocycles. The molecule has 7 heteroatoms. The summed E-state index contributed by atoms with van der Waals surface area (Å²) in [6.07, 6.45) is -4.64. The van der Waals surface area contributed by atoms with E-state index in [1.54, 1.807) is 0 Å². The summed E-state index contributed by atoms with van der Waals surface area (Å²) in [4.78, 5) is 21.5. The van der Waals surface area contributed by atoms with Gasteiger partial charge in [0.25, 0.3) is 5.24 Å². The van der Waals surface area contributed by atoms with Crippen molar-refractivity contribution in [2.24, 2.45) is 0 Å². The Morgan fingerprint density at radius 1 is 1.41 bits per heavy atom. The lowest BCUT2D eigenvalue weighted by molar-refractivity contribution is -0.137. The van der Waals surface area contributed by atoms with E-state index in [-0.39, 0.29) is 11.8 Å². The molecule has 0 aliphatic rings. The number of hydrogen-bond donors (Lipinski definition) is 0. The Bertz CT molecular complexity index is 532. The molecule has 0 aliphatic carbocycles. The average Bonchev–Trinajstić information content (AvgIpc) is 2.25. The molecule has 0 aliphatic heterocycles. The standard InChI is InChI=1S/C10H3ClF3NO2/c11-9(17)8-6(3-15)5(4-16)1-2-7(8)10(12,13)14/h1-2,4H. The molecule has 0 N–H and O–H groups in total. The van der Waals surface area contributed by atoms with Crippen molar-refractivity contribution in [3.05, 3.63) is 34.4 Å². The van der Waals surface area contributed by atoms with E-state index in [0.717, 1.165) is 6.07 Å². The summed E-state index contributed by atoms with van der Waals surface area (Å²) >= 11 is 5.02. The first kappa shape index (κ1) is 13.2. The maximum atomic E-state index is 12.6. The van der Waals surface area contributed by atoms with Gasteiger partial charge in [-0.1, -0.05) is 0 Å². The van der Waals surface area contributed by atoms with Crippen LogP contribution >= 0.6 is 11.6 Å². The molecule has 0 aromatic heterocycles. The van der Waals surface area contributed by atoms with Crippen molar-refractivity contribution in [3.63, 3.8) is 0 Å². The number of carbonyl (C=O) groups excluding carboxylic acids is 2. The van der Waals surface area contributed by atoms with Gasteiger partial charge in [0.05, 0.1) is 16.7 Å². The minimum Gasteiger partial charge on any atom is -0.298 e. The third-order valence-corrected chi connectivity index (χ3v) is 2.17. The second-order valence-electron chi connectivity index (χ2n) is 2.95. The van der Waals surface area contributed by atoms with Crippen molar-refractivity contribution >= 4 is 23.1 Å². The summed E-state index contributed by atoms with van der Waals surface area (Å²) in [5.41, 5.74) is -3.31. The summed E-state index contributed by atoms with van der Waals surface area (Å²) < 4.78 is 37.7. The zero-order chi connectivity index (χ0) is 13.2. The van der Waals surface area contributed by atoms with Crippen LogP contribution in [0.5, 0.6) is 0 Å². The summed E-state index contributed by atoms with van der Waals surface area (Å²) in [6, 6.07) is 2.73. The number of carbonyl (C=O) groups is 2. The quantitative estimate of drug-likeness (QED) is 0.607. The third-order valence-electron chi connectivity index (χ3n) is 1.98. The van der Waals surface area contributed by atoms with Crippen molar-refractivity contribution in [2.75, 3.05) is 0 Å². The van der Waals surface area contributed by atoms with Gasteiger partial charge in [-0.05, 0) is 23.7 Å². The summed E-state index contributed by atoms with van der Waals surface area (Å²) in [6.45, 7) is 0. The molecule has 1 aromatic carbocycles. The van der Waals surface area contributed by atoms with Gasteiger partial charge in [-0.3, -0.25) is 9.59 Å². The van der Waals surface area contributed by atoms with Gasteiger partial charge in [-0.25, -0.2) is 0 Å². The van der Waals surface area contributed by atoms with Crippen LogP contribution < -0.4 is 0 Å². The van der Waals surface area contributed by atoms with E-state index in [2.05, 4.69) is 0 Å². The van der Waals surface area contributed by atoms with Gasteiger partial charge in [0, 0.05) is 5.56 Å². The molecule has 17 heavy (non-hydrogen) atoms. The van der Waals surface area contributed by atoms with Crippen LogP contribution in [0.2, 0.25) is 0 Å². The van der Waals surface area contributed by atoms with Gasteiger partial charge in [-0.2, -0.15) is 18.4 Å². The Morgan fingerprint density at radius 2 is 2.00 bits per heavy atom. The molecule has 0 fully saturated rings. The van der Waals surface area contributed by atoms with Crippen LogP contribution in [0.4, 0.5) is 13.2 Å². The Kier molecular flexibility index (Phi) is 3.53. The van der Waals surface area contributed by atoms with Gasteiger partial charge in [0.1, 0.15) is 6.07 Å². The maximum absolute atomic E-state index is 12.6. The van der Waals surface area contributed by atoms with E-state index in [0.29, 0.717) is 6.07 Å². The van der Waals surface area contributed by atoms with Crippen molar-refractivity contribution in [1.29, 1.82) is 5.26 Å². The highest BCUT2D eigenvalue weighted by Gasteiger charge is 2.37. The van der Waals surface area contributed by atoms with Crippen LogP contribution in [-0.2, 0) is 6.18 Å². The Hall–Kier alpha value is -1.87. The zero-order valence-corrected chi connectivity index (χ0v) is 8.76. The highest BCUT2D eigenvalue weighted by Crippen LogP contribution is 2.34. The summed E-state index contributed by atoms with van der Waals surface area (Å²) in [7, 11) is 0. The van der Waals surface area contributed by atoms with Crippen LogP contribution in [0.3, 0.4) is 0 Å². The number of nitriles is 1. The average molecular weight is 262 g/mol. The minimum absolute atomic E-state index is 0.183. The molecule has 1 rings (SSSR count). The SMILES string of the molecule is N#Cc1c(C=O)ccc(C(F)(F)F)c1C(=O)Cl. The van der Waals surface area contributed by atoms with Crippen molar-refractivity contribution < 1.29 is 22.8 Å². The van der Waals surface area contributed by atoms with Crippen LogP contribution in [0.15, 0.2) is 12.1 Å². The van der Waals surface area contributed by atoms with Gasteiger partial charge < -0.3 is 0 Å². The molecular formula is C10H3ClF3NO2. The van der Waals surface area contributed by atoms with Gasteiger partial charge in [0.15, 0.2) is 6.29 Å². The molecule has 88 valence electrons. The number of aldehydes is 1. The normalized spacial score (nSPS) is 10.8. The predicted molar refractivity (Wildman–Crippen MR) is 51.7 cm³/mol. The fourth-order valence-corrected chi connectivity index (χ4v) is 1.47. The fourth-order valence-electron chi connectivity index (χ4n) is 1.28. The number of halogens is 4. The van der Waals surface area contributed by atoms with Crippen molar-refractivity contribution in [3.8, 4) is 6.07 Å². The minimum atomic E-state index is -4.83. The first-order valence-electron chi connectivity index (χ1n) is 4.12. The van der Waals surface area contributed by atoms with E-state index < -0.39 is 28.1 Å². The van der Waals surface area contributed by atoms with E-state index in [4.69, 9.17) is 16.9 Å². The lowest BCUT2D eigenvalue weighted by atomic mass is 9.97. The third kappa shape index (κ3) is 2.45. The molecule has 0 atom stereocenters. The molecule has 0 radical (unpaired) electrons. The van der Waals surface area contributed by atoms with Gasteiger partial charge >= 0.3 is 6.18 Å². The van der Waals surface area contributed by atoms with Crippen LogP contribution in [-0.4, -0.2) is 11.5 Å². The monoisotopic (exact) mass is 261 g/mol. The van der Waals surface area contributed by atoms with Crippen LogP contribution in [0, 0.1) is 11.3 Å². The number of alkyl halides is 3. The predicted octanol–water partition coefficient (Wildman–Crippen LogP) is 2.77. The number of nitrogens with zero attached hydrogens (tertiary/aromatic N) is 1. The molecule has 3 nitrogen and oxygen atoms in total. The lowest BCUT2D eigenvalue weighted by Gasteiger charge is -2.12. The number of benzene rings is 1. The highest BCUT2D eigenvalue weighted by molar-refractivity contribution is 6.68. The van der Waals surface area contributed by atoms with E-state index in [9.17, 15) is 22.8 Å². The molecule has 0 amide bonds. The first-order chi connectivity index (χ1) is 7.82.